The molecule has 0 aromatic carbocycles. The molecule has 0 N–H and O–H groups in total. The third kappa shape index (κ3) is 2.20. The first-order valence-corrected chi connectivity index (χ1v) is 5.08. The molecule has 0 spiro atoms. The second-order valence-corrected chi connectivity index (χ2v) is 3.68. The molecular weight excluding hydrogens is 150 g/mol. The Kier molecular flexibility index (Phi) is 4.02. The van der Waals surface area contributed by atoms with Crippen molar-refractivity contribution in [2.45, 2.75) is 51.8 Å². The monoisotopic (exact) mass is 171 g/mol. The molecule has 2 heteroatoms. The van der Waals surface area contributed by atoms with Gasteiger partial charge >= 0.3 is 0 Å². The van der Waals surface area contributed by atoms with Crippen LogP contribution in [-0.4, -0.2) is 30.8 Å². The summed E-state index contributed by atoms with van der Waals surface area (Å²) in [7, 11) is 1.81. The summed E-state index contributed by atoms with van der Waals surface area (Å²) in [5, 5.41) is 0. The van der Waals surface area contributed by atoms with Gasteiger partial charge in [0.1, 0.15) is 6.23 Å². The Morgan fingerprint density at radius 2 is 2.25 bits per heavy atom. The van der Waals surface area contributed by atoms with Crippen LogP contribution in [0.3, 0.4) is 0 Å². The molecule has 2 nitrogen and oxygen atoms in total. The van der Waals surface area contributed by atoms with Crippen LogP contribution in [0.5, 0.6) is 0 Å². The van der Waals surface area contributed by atoms with E-state index in [2.05, 4.69) is 18.7 Å². The predicted octanol–water partition coefficient (Wildman–Crippen LogP) is 2.24. The van der Waals surface area contributed by atoms with Gasteiger partial charge in [-0.05, 0) is 26.2 Å². The molecule has 0 bridgehead atoms. The van der Waals surface area contributed by atoms with Crippen molar-refractivity contribution in [1.82, 2.24) is 4.90 Å². The first kappa shape index (κ1) is 10.0. The first-order valence-electron chi connectivity index (χ1n) is 5.08. The van der Waals surface area contributed by atoms with Gasteiger partial charge in [0.05, 0.1) is 0 Å². The maximum Gasteiger partial charge on any atom is 0.110 e. The molecule has 1 fully saturated rings. The molecular formula is C10H21NO. The molecule has 0 aromatic rings. The Balaban J connectivity index is 2.45. The van der Waals surface area contributed by atoms with Crippen LogP contribution in [0.15, 0.2) is 0 Å². The van der Waals surface area contributed by atoms with Gasteiger partial charge in [-0.25, -0.2) is 0 Å². The Morgan fingerprint density at radius 1 is 1.50 bits per heavy atom. The lowest BCUT2D eigenvalue weighted by Crippen LogP contribution is -2.45. The molecule has 2 unspecified atom stereocenters. The molecule has 2 atom stereocenters. The van der Waals surface area contributed by atoms with Gasteiger partial charge in [0, 0.05) is 19.7 Å². The van der Waals surface area contributed by atoms with E-state index in [0.717, 1.165) is 6.42 Å². The maximum atomic E-state index is 5.44. The van der Waals surface area contributed by atoms with Crippen LogP contribution in [-0.2, 0) is 4.74 Å². The summed E-state index contributed by atoms with van der Waals surface area (Å²) >= 11 is 0. The smallest absolute Gasteiger partial charge is 0.110 e. The summed E-state index contributed by atoms with van der Waals surface area (Å²) in [5.41, 5.74) is 0. The van der Waals surface area contributed by atoms with Gasteiger partial charge in [-0.1, -0.05) is 13.3 Å². The Morgan fingerprint density at radius 3 is 2.75 bits per heavy atom. The molecule has 1 aliphatic rings. The van der Waals surface area contributed by atoms with Gasteiger partial charge < -0.3 is 4.74 Å². The highest BCUT2D eigenvalue weighted by Gasteiger charge is 2.24. The molecule has 1 aliphatic heterocycles. The van der Waals surface area contributed by atoms with E-state index in [1.807, 2.05) is 7.11 Å². The highest BCUT2D eigenvalue weighted by Crippen LogP contribution is 2.20. The van der Waals surface area contributed by atoms with Gasteiger partial charge in [0.2, 0.25) is 0 Å². The zero-order valence-corrected chi connectivity index (χ0v) is 8.55. The van der Waals surface area contributed by atoms with Gasteiger partial charge in [-0.2, -0.15) is 0 Å². The maximum absolute atomic E-state index is 5.44. The number of hydrogen-bond acceptors (Lipinski definition) is 2. The molecule has 72 valence electrons. The molecule has 1 heterocycles. The van der Waals surface area contributed by atoms with E-state index in [9.17, 15) is 0 Å². The summed E-state index contributed by atoms with van der Waals surface area (Å²) in [6.07, 6.45) is 5.50. The number of rotatable bonds is 3. The average molecular weight is 171 g/mol. The second-order valence-electron chi connectivity index (χ2n) is 3.68. The normalized spacial score (nSPS) is 28.8. The van der Waals surface area contributed by atoms with Gasteiger partial charge in [0.15, 0.2) is 0 Å². The Labute approximate surface area is 75.9 Å². The van der Waals surface area contributed by atoms with Crippen LogP contribution in [0, 0.1) is 0 Å². The van der Waals surface area contributed by atoms with Crippen LogP contribution < -0.4 is 0 Å². The topological polar surface area (TPSA) is 12.5 Å². The van der Waals surface area contributed by atoms with Crippen molar-refractivity contribution in [2.75, 3.05) is 13.7 Å². The summed E-state index contributed by atoms with van der Waals surface area (Å²) in [6, 6.07) is 0.712. The van der Waals surface area contributed by atoms with Crippen molar-refractivity contribution in [3.8, 4) is 0 Å². The summed E-state index contributed by atoms with van der Waals surface area (Å²) < 4.78 is 5.44. The second kappa shape index (κ2) is 4.83. The number of piperidine rings is 1. The molecule has 12 heavy (non-hydrogen) atoms. The van der Waals surface area contributed by atoms with Crippen molar-refractivity contribution in [1.29, 1.82) is 0 Å². The fraction of sp³-hybridized carbons (Fsp3) is 1.00. The number of nitrogens with zero attached hydrogens (tertiary/aromatic N) is 1. The number of hydrogen-bond donors (Lipinski definition) is 0. The van der Waals surface area contributed by atoms with Gasteiger partial charge in [0.25, 0.3) is 0 Å². The van der Waals surface area contributed by atoms with Crippen LogP contribution in [0.25, 0.3) is 0 Å². The fourth-order valence-corrected chi connectivity index (χ4v) is 2.08. The minimum absolute atomic E-state index is 0.347. The highest BCUT2D eigenvalue weighted by molar-refractivity contribution is 4.74. The largest absolute Gasteiger partial charge is 0.366 e. The Hall–Kier alpha value is -0.0800. The lowest BCUT2D eigenvalue weighted by molar-refractivity contribution is -0.0652. The van der Waals surface area contributed by atoms with E-state index >= 15 is 0 Å². The lowest BCUT2D eigenvalue weighted by Gasteiger charge is -2.38. The van der Waals surface area contributed by atoms with Crippen molar-refractivity contribution in [2.24, 2.45) is 0 Å². The van der Waals surface area contributed by atoms with Crippen molar-refractivity contribution >= 4 is 0 Å². The van der Waals surface area contributed by atoms with Crippen LogP contribution in [0.2, 0.25) is 0 Å². The van der Waals surface area contributed by atoms with Gasteiger partial charge in [-0.15, -0.1) is 0 Å². The third-order valence-electron chi connectivity index (χ3n) is 2.85. The highest BCUT2D eigenvalue weighted by atomic mass is 16.5. The molecule has 1 saturated heterocycles. The van der Waals surface area contributed by atoms with E-state index in [4.69, 9.17) is 4.74 Å². The third-order valence-corrected chi connectivity index (χ3v) is 2.85. The minimum Gasteiger partial charge on any atom is -0.366 e. The van der Waals surface area contributed by atoms with Crippen molar-refractivity contribution < 1.29 is 4.74 Å². The van der Waals surface area contributed by atoms with Crippen LogP contribution in [0.1, 0.15) is 39.5 Å². The van der Waals surface area contributed by atoms with Gasteiger partial charge in [-0.3, -0.25) is 4.90 Å². The fourth-order valence-electron chi connectivity index (χ4n) is 2.08. The average Bonchev–Trinajstić information content (AvgIpc) is 2.10. The Bertz CT molecular complexity index is 123. The standard InChI is InChI=1S/C10H21NO/c1-4-10(12-3)11-8-6-5-7-9(11)2/h9-10H,4-8H2,1-3H3. The van der Waals surface area contributed by atoms with Crippen LogP contribution >= 0.6 is 0 Å². The number of methoxy groups -OCH3 is 1. The SMILES string of the molecule is CCC(OC)N1CCCCC1C. The number of ether oxygens (including phenoxy) is 1. The summed E-state index contributed by atoms with van der Waals surface area (Å²) in [6.45, 7) is 5.71. The van der Waals surface area contributed by atoms with Crippen molar-refractivity contribution in [3.05, 3.63) is 0 Å². The van der Waals surface area contributed by atoms with E-state index in [-0.39, 0.29) is 0 Å². The molecule has 0 amide bonds. The molecule has 0 saturated carbocycles. The van der Waals surface area contributed by atoms with E-state index < -0.39 is 0 Å². The van der Waals surface area contributed by atoms with Crippen LogP contribution in [0.4, 0.5) is 0 Å². The lowest BCUT2D eigenvalue weighted by atomic mass is 10.0. The summed E-state index contributed by atoms with van der Waals surface area (Å²) in [5.74, 6) is 0. The summed E-state index contributed by atoms with van der Waals surface area (Å²) in [4.78, 5) is 2.49. The molecule has 0 aliphatic carbocycles. The quantitative estimate of drug-likeness (QED) is 0.645. The first-order chi connectivity index (χ1) is 5.79. The molecule has 0 aromatic heterocycles. The number of likely N-dealkylation sites (tertiary alicyclic amines) is 1. The molecule has 0 radical (unpaired) electrons. The predicted molar refractivity (Wildman–Crippen MR) is 51.1 cm³/mol. The van der Waals surface area contributed by atoms with E-state index in [1.165, 1.54) is 25.8 Å². The van der Waals surface area contributed by atoms with Crippen molar-refractivity contribution in [3.63, 3.8) is 0 Å². The molecule has 1 rings (SSSR count). The van der Waals surface area contributed by atoms with E-state index in [1.54, 1.807) is 0 Å². The zero-order chi connectivity index (χ0) is 8.97. The minimum atomic E-state index is 0.347. The van der Waals surface area contributed by atoms with E-state index in [0.29, 0.717) is 12.3 Å². The zero-order valence-electron chi connectivity index (χ0n) is 8.55.